The Morgan fingerprint density at radius 2 is 1.74 bits per heavy atom. The van der Waals surface area contributed by atoms with E-state index in [4.69, 9.17) is 0 Å². The predicted octanol–water partition coefficient (Wildman–Crippen LogP) is 4.92. The second-order valence-electron chi connectivity index (χ2n) is 6.29. The van der Waals surface area contributed by atoms with Gasteiger partial charge in [-0.25, -0.2) is 0 Å². The summed E-state index contributed by atoms with van der Waals surface area (Å²) in [7, 11) is 0. The molecule has 0 saturated heterocycles. The molecular weight excluding hydrogens is 300 g/mol. The Labute approximate surface area is 139 Å². The van der Waals surface area contributed by atoms with Crippen LogP contribution in [-0.2, 0) is 0 Å². The molecule has 3 heteroatoms. The van der Waals surface area contributed by atoms with Crippen molar-refractivity contribution in [3.8, 4) is 5.69 Å². The molecule has 1 aliphatic rings. The highest BCUT2D eigenvalue weighted by atomic mass is 32.2. The largest absolute Gasteiger partial charge is 0.317 e. The summed E-state index contributed by atoms with van der Waals surface area (Å²) in [6.07, 6.45) is 3.57. The number of aromatic nitrogens is 2. The fourth-order valence-corrected chi connectivity index (χ4v) is 4.49. The molecule has 5 rings (SSSR count). The van der Waals surface area contributed by atoms with Crippen LogP contribution < -0.4 is 4.57 Å². The van der Waals surface area contributed by atoms with Gasteiger partial charge < -0.3 is 9.13 Å². The predicted molar refractivity (Wildman–Crippen MR) is 94.3 cm³/mol. The van der Waals surface area contributed by atoms with Crippen molar-refractivity contribution in [3.05, 3.63) is 60.9 Å². The van der Waals surface area contributed by atoms with Crippen LogP contribution in [0.5, 0.6) is 0 Å². The van der Waals surface area contributed by atoms with Crippen LogP contribution in [0.25, 0.3) is 27.5 Å². The maximum absolute atomic E-state index is 3.57. The van der Waals surface area contributed by atoms with Gasteiger partial charge >= 0.3 is 0 Å². The van der Waals surface area contributed by atoms with Crippen LogP contribution in [-0.4, -0.2) is 4.57 Å². The van der Waals surface area contributed by atoms with E-state index in [2.05, 4.69) is 83.9 Å². The molecule has 4 aromatic rings. The number of nitrogens with zero attached hydrogens (tertiary/aromatic N) is 2. The van der Waals surface area contributed by atoms with E-state index >= 15 is 0 Å². The van der Waals surface area contributed by atoms with Gasteiger partial charge in [0.25, 0.3) is 0 Å². The van der Waals surface area contributed by atoms with Crippen molar-refractivity contribution in [3.63, 3.8) is 0 Å². The lowest BCUT2D eigenvalue weighted by molar-refractivity contribution is -0.577. The zero-order chi connectivity index (χ0) is 15.6. The lowest BCUT2D eigenvalue weighted by Crippen LogP contribution is -2.32. The maximum atomic E-state index is 3.57. The molecule has 0 unspecified atom stereocenters. The first-order valence-electron chi connectivity index (χ1n) is 7.92. The third kappa shape index (κ3) is 1.80. The molecule has 23 heavy (non-hydrogen) atoms. The maximum Gasteiger partial charge on any atom is 0.244 e. The minimum atomic E-state index is 0.390. The first kappa shape index (κ1) is 13.2. The summed E-state index contributed by atoms with van der Waals surface area (Å²) in [5, 5.41) is 2.57. The number of rotatable bonds is 1. The molecule has 1 aliphatic heterocycles. The normalized spacial score (nSPS) is 13.0. The molecule has 0 saturated carbocycles. The van der Waals surface area contributed by atoms with E-state index in [0.29, 0.717) is 6.04 Å². The van der Waals surface area contributed by atoms with Gasteiger partial charge in [0.2, 0.25) is 6.33 Å². The van der Waals surface area contributed by atoms with Gasteiger partial charge in [0.05, 0.1) is 22.8 Å². The Hall–Kier alpha value is -2.26. The van der Waals surface area contributed by atoms with Crippen molar-refractivity contribution in [2.45, 2.75) is 29.7 Å². The lowest BCUT2D eigenvalue weighted by Gasteiger charge is -2.20. The van der Waals surface area contributed by atoms with E-state index in [0.717, 1.165) is 0 Å². The van der Waals surface area contributed by atoms with Gasteiger partial charge in [0, 0.05) is 9.79 Å². The molecule has 0 atom stereocenters. The highest BCUT2D eigenvalue weighted by molar-refractivity contribution is 7.99. The Kier molecular flexibility index (Phi) is 2.65. The first-order valence-corrected chi connectivity index (χ1v) is 8.73. The van der Waals surface area contributed by atoms with Gasteiger partial charge in [-0.2, -0.15) is 0 Å². The molecule has 0 aliphatic carbocycles. The lowest BCUT2D eigenvalue weighted by atomic mass is 10.1. The molecule has 0 radical (unpaired) electrons. The molecule has 2 heterocycles. The van der Waals surface area contributed by atoms with Crippen LogP contribution in [0.2, 0.25) is 0 Å². The second kappa shape index (κ2) is 4.62. The van der Waals surface area contributed by atoms with Crippen LogP contribution in [0.4, 0.5) is 0 Å². The van der Waals surface area contributed by atoms with Crippen molar-refractivity contribution < 1.29 is 4.57 Å². The van der Waals surface area contributed by atoms with E-state index in [1.54, 1.807) is 0 Å². The van der Waals surface area contributed by atoms with E-state index in [1.807, 2.05) is 11.8 Å². The molecule has 112 valence electrons. The van der Waals surface area contributed by atoms with Crippen molar-refractivity contribution in [2.75, 3.05) is 0 Å². The highest BCUT2D eigenvalue weighted by Gasteiger charge is 2.21. The fraction of sp³-hybridized carbons (Fsp3) is 0.150. The summed E-state index contributed by atoms with van der Waals surface area (Å²) in [5.41, 5.74) is 3.76. The Morgan fingerprint density at radius 3 is 2.52 bits per heavy atom. The molecule has 0 spiro atoms. The number of hydrogen-bond donors (Lipinski definition) is 0. The molecule has 0 bridgehead atoms. The summed E-state index contributed by atoms with van der Waals surface area (Å²) >= 11 is 1.86. The van der Waals surface area contributed by atoms with Gasteiger partial charge in [-0.15, -0.1) is 11.8 Å². The fourth-order valence-electron chi connectivity index (χ4n) is 3.37. The molecule has 0 N–H and O–H groups in total. The number of hydrogen-bond acceptors (Lipinski definition) is 1. The SMILES string of the molecule is CC(C)n1[c-][n+]2c3c(cccc31)Sc1cc3ccccc3cc1-2. The zero-order valence-corrected chi connectivity index (χ0v) is 13.9. The molecule has 1 aromatic heterocycles. The molecule has 3 aromatic carbocycles. The topological polar surface area (TPSA) is 8.81 Å². The van der Waals surface area contributed by atoms with Gasteiger partial charge in [0.1, 0.15) is 0 Å². The number of fused-ring (bicyclic) bond motifs is 3. The number of benzene rings is 3. The Balaban J connectivity index is 1.91. The average molecular weight is 316 g/mol. The summed E-state index contributed by atoms with van der Waals surface area (Å²) in [6.45, 7) is 4.42. The Morgan fingerprint density at radius 1 is 0.957 bits per heavy atom. The van der Waals surface area contributed by atoms with Crippen LogP contribution in [0.3, 0.4) is 0 Å². The molecule has 0 fully saturated rings. The van der Waals surface area contributed by atoms with E-state index < -0.39 is 0 Å². The first-order chi connectivity index (χ1) is 11.2. The molecule has 0 amide bonds. The standard InChI is InChI=1S/C20H16N2S/c1-13(2)21-12-22-17-10-14-6-3-4-7-15(14)11-19(17)23-18-9-5-8-16(21)20(18)22/h3-11,13H,1-2H3. The monoisotopic (exact) mass is 316 g/mol. The van der Waals surface area contributed by atoms with E-state index in [9.17, 15) is 0 Å². The number of imidazole rings is 1. The summed E-state index contributed by atoms with van der Waals surface area (Å²) in [4.78, 5) is 2.60. The second-order valence-corrected chi connectivity index (χ2v) is 7.38. The van der Waals surface area contributed by atoms with Crippen molar-refractivity contribution in [1.82, 2.24) is 4.57 Å². The van der Waals surface area contributed by atoms with E-state index in [-0.39, 0.29) is 0 Å². The number of para-hydroxylation sites is 1. The highest BCUT2D eigenvalue weighted by Crippen LogP contribution is 2.40. The average Bonchev–Trinajstić information content (AvgIpc) is 2.95. The summed E-state index contributed by atoms with van der Waals surface area (Å²) in [6, 6.07) is 20.1. The van der Waals surface area contributed by atoms with Gasteiger partial charge in [-0.05, 0) is 36.8 Å². The van der Waals surface area contributed by atoms with Crippen LogP contribution in [0.1, 0.15) is 19.9 Å². The van der Waals surface area contributed by atoms with Crippen molar-refractivity contribution in [2.24, 2.45) is 0 Å². The van der Waals surface area contributed by atoms with Gasteiger partial charge in [-0.1, -0.05) is 42.5 Å². The van der Waals surface area contributed by atoms with Crippen LogP contribution in [0, 0.1) is 6.33 Å². The zero-order valence-electron chi connectivity index (χ0n) is 13.1. The summed E-state index contributed by atoms with van der Waals surface area (Å²) < 4.78 is 4.48. The quantitative estimate of drug-likeness (QED) is 0.315. The third-order valence-corrected chi connectivity index (χ3v) is 5.57. The van der Waals surface area contributed by atoms with Gasteiger partial charge in [-0.3, -0.25) is 0 Å². The van der Waals surface area contributed by atoms with Crippen LogP contribution in [0.15, 0.2) is 64.4 Å². The third-order valence-electron chi connectivity index (χ3n) is 4.47. The van der Waals surface area contributed by atoms with Crippen molar-refractivity contribution >= 4 is 33.6 Å². The summed E-state index contributed by atoms with van der Waals surface area (Å²) in [5.74, 6) is 0. The minimum absolute atomic E-state index is 0.390. The molecule has 2 nitrogen and oxygen atoms in total. The van der Waals surface area contributed by atoms with Crippen LogP contribution >= 0.6 is 11.8 Å². The van der Waals surface area contributed by atoms with Crippen molar-refractivity contribution in [1.29, 1.82) is 0 Å². The van der Waals surface area contributed by atoms with Gasteiger partial charge in [0.15, 0.2) is 0 Å². The minimum Gasteiger partial charge on any atom is -0.317 e. The van der Waals surface area contributed by atoms with E-state index in [1.165, 1.54) is 37.3 Å². The molecular formula is C20H16N2S. The smallest absolute Gasteiger partial charge is 0.244 e. The Bertz CT molecular complexity index is 1080.